The summed E-state index contributed by atoms with van der Waals surface area (Å²) in [6.45, 7) is 5.37. The van der Waals surface area contributed by atoms with E-state index in [9.17, 15) is 0 Å². The van der Waals surface area contributed by atoms with Crippen LogP contribution < -0.4 is 0 Å². The van der Waals surface area contributed by atoms with Gasteiger partial charge in [-0.2, -0.15) is 0 Å². The smallest absolute Gasteiger partial charge is 0.160 e. The minimum absolute atomic E-state index is 0.398. The standard InChI is InChI=1S/C13H17Cl2N3/c1-9(2)4-3-5-18-12(7-14)17-11-6-10(15)8-16-13(11)18/h6,8-9H,3-5,7H2,1-2H3. The third kappa shape index (κ3) is 2.96. The lowest BCUT2D eigenvalue weighted by Crippen LogP contribution is -2.04. The van der Waals surface area contributed by atoms with Gasteiger partial charge < -0.3 is 4.57 Å². The van der Waals surface area contributed by atoms with Gasteiger partial charge in [-0.3, -0.25) is 0 Å². The maximum absolute atomic E-state index is 5.94. The predicted molar refractivity (Wildman–Crippen MR) is 76.2 cm³/mol. The van der Waals surface area contributed by atoms with E-state index in [2.05, 4.69) is 28.4 Å². The summed E-state index contributed by atoms with van der Waals surface area (Å²) in [5, 5.41) is 0.607. The van der Waals surface area contributed by atoms with Crippen molar-refractivity contribution in [3.05, 3.63) is 23.1 Å². The highest BCUT2D eigenvalue weighted by molar-refractivity contribution is 6.31. The maximum atomic E-state index is 5.94. The minimum atomic E-state index is 0.398. The molecule has 2 rings (SSSR count). The van der Waals surface area contributed by atoms with E-state index in [0.717, 1.165) is 30.0 Å². The van der Waals surface area contributed by atoms with Crippen LogP contribution in [0.25, 0.3) is 11.2 Å². The van der Waals surface area contributed by atoms with E-state index >= 15 is 0 Å². The molecule has 0 amide bonds. The molecule has 0 spiro atoms. The molecule has 0 aliphatic heterocycles. The topological polar surface area (TPSA) is 30.7 Å². The van der Waals surface area contributed by atoms with Crippen molar-refractivity contribution in [1.82, 2.24) is 14.5 Å². The Hall–Kier alpha value is -0.800. The summed E-state index contributed by atoms with van der Waals surface area (Å²) in [6.07, 6.45) is 3.95. The highest BCUT2D eigenvalue weighted by atomic mass is 35.5. The van der Waals surface area contributed by atoms with Crippen LogP contribution in [0.5, 0.6) is 0 Å². The van der Waals surface area contributed by atoms with Gasteiger partial charge in [-0.1, -0.05) is 25.4 Å². The number of nitrogens with zero attached hydrogens (tertiary/aromatic N) is 3. The number of aromatic nitrogens is 3. The zero-order valence-corrected chi connectivity index (χ0v) is 12.2. The van der Waals surface area contributed by atoms with Gasteiger partial charge in [0.05, 0.1) is 10.9 Å². The summed E-state index contributed by atoms with van der Waals surface area (Å²) in [4.78, 5) is 8.83. The Bertz CT molecular complexity index is 534. The van der Waals surface area contributed by atoms with Crippen molar-refractivity contribution in [2.75, 3.05) is 0 Å². The Morgan fingerprint density at radius 1 is 1.39 bits per heavy atom. The van der Waals surface area contributed by atoms with Crippen LogP contribution in [-0.4, -0.2) is 14.5 Å². The second kappa shape index (κ2) is 5.89. The summed E-state index contributed by atoms with van der Waals surface area (Å²) in [6, 6.07) is 1.83. The summed E-state index contributed by atoms with van der Waals surface area (Å²) >= 11 is 11.9. The third-order valence-corrected chi connectivity index (χ3v) is 3.36. The van der Waals surface area contributed by atoms with Crippen molar-refractivity contribution >= 4 is 34.4 Å². The van der Waals surface area contributed by atoms with Crippen molar-refractivity contribution in [1.29, 1.82) is 0 Å². The number of fused-ring (bicyclic) bond motifs is 1. The molecule has 0 saturated carbocycles. The van der Waals surface area contributed by atoms with Crippen molar-refractivity contribution in [3.63, 3.8) is 0 Å². The Morgan fingerprint density at radius 3 is 2.83 bits per heavy atom. The van der Waals surface area contributed by atoms with E-state index in [-0.39, 0.29) is 0 Å². The molecule has 0 bridgehead atoms. The van der Waals surface area contributed by atoms with Crippen LogP contribution in [0.1, 0.15) is 32.5 Å². The van der Waals surface area contributed by atoms with Crippen LogP contribution >= 0.6 is 23.2 Å². The van der Waals surface area contributed by atoms with Gasteiger partial charge in [0.15, 0.2) is 5.65 Å². The summed E-state index contributed by atoms with van der Waals surface area (Å²) < 4.78 is 2.10. The molecular formula is C13H17Cl2N3. The average molecular weight is 286 g/mol. The third-order valence-electron chi connectivity index (χ3n) is 2.91. The molecule has 0 atom stereocenters. The zero-order valence-electron chi connectivity index (χ0n) is 10.7. The molecule has 0 aliphatic rings. The van der Waals surface area contributed by atoms with Crippen LogP contribution in [0.3, 0.4) is 0 Å². The lowest BCUT2D eigenvalue weighted by atomic mass is 10.1. The first-order valence-electron chi connectivity index (χ1n) is 6.18. The van der Waals surface area contributed by atoms with Gasteiger partial charge in [0.25, 0.3) is 0 Å². The van der Waals surface area contributed by atoms with E-state index in [1.165, 1.54) is 6.42 Å². The molecule has 0 N–H and O–H groups in total. The number of alkyl halides is 1. The molecule has 2 heterocycles. The number of halogens is 2. The molecule has 0 aliphatic carbocycles. The summed E-state index contributed by atoms with van der Waals surface area (Å²) in [7, 11) is 0. The van der Waals surface area contributed by atoms with Crippen LogP contribution in [0, 0.1) is 5.92 Å². The highest BCUT2D eigenvalue weighted by Gasteiger charge is 2.11. The molecular weight excluding hydrogens is 269 g/mol. The van der Waals surface area contributed by atoms with Gasteiger partial charge in [0, 0.05) is 12.7 Å². The van der Waals surface area contributed by atoms with Crippen molar-refractivity contribution < 1.29 is 0 Å². The first kappa shape index (κ1) is 13.6. The number of pyridine rings is 1. The first-order valence-corrected chi connectivity index (χ1v) is 7.09. The van der Waals surface area contributed by atoms with Gasteiger partial charge in [-0.15, -0.1) is 11.6 Å². The molecule has 0 aromatic carbocycles. The van der Waals surface area contributed by atoms with Gasteiger partial charge in [0.1, 0.15) is 11.3 Å². The SMILES string of the molecule is CC(C)CCCn1c(CCl)nc2cc(Cl)cnc21. The Balaban J connectivity index is 2.29. The summed E-state index contributed by atoms with van der Waals surface area (Å²) in [5.74, 6) is 1.97. The number of rotatable bonds is 5. The van der Waals surface area contributed by atoms with Crippen molar-refractivity contribution in [2.24, 2.45) is 5.92 Å². The first-order chi connectivity index (χ1) is 8.61. The fourth-order valence-electron chi connectivity index (χ4n) is 2.03. The van der Waals surface area contributed by atoms with Crippen molar-refractivity contribution in [2.45, 2.75) is 39.1 Å². The van der Waals surface area contributed by atoms with E-state index in [4.69, 9.17) is 23.2 Å². The molecule has 3 nitrogen and oxygen atoms in total. The molecule has 2 aromatic heterocycles. The lowest BCUT2D eigenvalue weighted by Gasteiger charge is -2.08. The zero-order chi connectivity index (χ0) is 13.1. The van der Waals surface area contributed by atoms with E-state index in [1.807, 2.05) is 6.07 Å². The largest absolute Gasteiger partial charge is 0.312 e. The fraction of sp³-hybridized carbons (Fsp3) is 0.538. The Labute approximate surface area is 117 Å². The predicted octanol–water partition coefficient (Wildman–Crippen LogP) is 4.26. The minimum Gasteiger partial charge on any atom is -0.312 e. The molecule has 0 unspecified atom stereocenters. The highest BCUT2D eigenvalue weighted by Crippen LogP contribution is 2.20. The second-order valence-electron chi connectivity index (χ2n) is 4.85. The van der Waals surface area contributed by atoms with Gasteiger partial charge in [0.2, 0.25) is 0 Å². The molecule has 0 fully saturated rings. The molecule has 0 saturated heterocycles. The van der Waals surface area contributed by atoms with Gasteiger partial charge in [-0.25, -0.2) is 9.97 Å². The second-order valence-corrected chi connectivity index (χ2v) is 5.55. The normalized spacial score (nSPS) is 11.6. The molecule has 0 radical (unpaired) electrons. The summed E-state index contributed by atoms with van der Waals surface area (Å²) in [5.41, 5.74) is 1.70. The van der Waals surface area contributed by atoms with E-state index in [1.54, 1.807) is 6.20 Å². The van der Waals surface area contributed by atoms with Crippen LogP contribution in [0.4, 0.5) is 0 Å². The van der Waals surface area contributed by atoms with Crippen molar-refractivity contribution in [3.8, 4) is 0 Å². The fourth-order valence-corrected chi connectivity index (χ4v) is 2.38. The molecule has 2 aromatic rings. The monoisotopic (exact) mass is 285 g/mol. The Kier molecular flexibility index (Phi) is 4.46. The quantitative estimate of drug-likeness (QED) is 0.769. The number of hydrogen-bond donors (Lipinski definition) is 0. The molecule has 18 heavy (non-hydrogen) atoms. The number of imidazole rings is 1. The van der Waals surface area contributed by atoms with Gasteiger partial charge >= 0.3 is 0 Å². The van der Waals surface area contributed by atoms with E-state index in [0.29, 0.717) is 16.8 Å². The number of aryl methyl sites for hydroxylation is 1. The molecule has 98 valence electrons. The maximum Gasteiger partial charge on any atom is 0.160 e. The Morgan fingerprint density at radius 2 is 2.17 bits per heavy atom. The van der Waals surface area contributed by atoms with Gasteiger partial charge in [-0.05, 0) is 24.8 Å². The number of hydrogen-bond acceptors (Lipinski definition) is 2. The molecule has 5 heteroatoms. The van der Waals surface area contributed by atoms with Crippen LogP contribution in [0.15, 0.2) is 12.3 Å². The average Bonchev–Trinajstić information content (AvgIpc) is 2.66. The van der Waals surface area contributed by atoms with Crippen LogP contribution in [-0.2, 0) is 12.4 Å². The lowest BCUT2D eigenvalue weighted by molar-refractivity contribution is 0.511. The van der Waals surface area contributed by atoms with E-state index < -0.39 is 0 Å². The van der Waals surface area contributed by atoms with Crippen LogP contribution in [0.2, 0.25) is 5.02 Å².